The SMILES string of the molecule is C/C=C/C(=O)c1ccnn1-c1ccccc1. The summed E-state index contributed by atoms with van der Waals surface area (Å²) in [5.41, 5.74) is 1.46. The molecule has 1 aromatic heterocycles. The average Bonchev–Trinajstić information content (AvgIpc) is 2.79. The number of carbonyl (C=O) groups excluding carboxylic acids is 1. The molecular formula is C13H12N2O. The molecule has 2 aromatic rings. The Morgan fingerprint density at radius 2 is 2.00 bits per heavy atom. The first-order valence-corrected chi connectivity index (χ1v) is 5.09. The predicted molar refractivity (Wildman–Crippen MR) is 62.7 cm³/mol. The lowest BCUT2D eigenvalue weighted by atomic mass is 10.2. The highest BCUT2D eigenvalue weighted by Gasteiger charge is 2.09. The normalized spacial score (nSPS) is 10.8. The van der Waals surface area contributed by atoms with Crippen LogP contribution in [-0.4, -0.2) is 15.6 Å². The fourth-order valence-corrected chi connectivity index (χ4v) is 1.50. The van der Waals surface area contributed by atoms with E-state index in [1.165, 1.54) is 6.08 Å². The number of carbonyl (C=O) groups is 1. The molecule has 0 spiro atoms. The van der Waals surface area contributed by atoms with Crippen LogP contribution in [0.2, 0.25) is 0 Å². The zero-order valence-corrected chi connectivity index (χ0v) is 9.00. The van der Waals surface area contributed by atoms with E-state index in [1.807, 2.05) is 37.3 Å². The maximum absolute atomic E-state index is 11.8. The standard InChI is InChI=1S/C13H12N2O/c1-2-6-13(16)12-9-10-14-15(12)11-7-4-3-5-8-11/h2-10H,1H3/b6-2+. The van der Waals surface area contributed by atoms with E-state index < -0.39 is 0 Å². The average molecular weight is 212 g/mol. The Kier molecular flexibility index (Phi) is 2.96. The fourth-order valence-electron chi connectivity index (χ4n) is 1.50. The van der Waals surface area contributed by atoms with E-state index in [9.17, 15) is 4.79 Å². The van der Waals surface area contributed by atoms with Crippen LogP contribution >= 0.6 is 0 Å². The highest BCUT2D eigenvalue weighted by atomic mass is 16.1. The Morgan fingerprint density at radius 3 is 2.69 bits per heavy atom. The van der Waals surface area contributed by atoms with Gasteiger partial charge in [-0.3, -0.25) is 4.79 Å². The number of rotatable bonds is 3. The molecule has 0 saturated carbocycles. The largest absolute Gasteiger partial charge is 0.288 e. The van der Waals surface area contributed by atoms with Crippen LogP contribution in [-0.2, 0) is 0 Å². The summed E-state index contributed by atoms with van der Waals surface area (Å²) in [7, 11) is 0. The molecule has 0 unspecified atom stereocenters. The van der Waals surface area contributed by atoms with Crippen LogP contribution in [0, 0.1) is 0 Å². The lowest BCUT2D eigenvalue weighted by molar-refractivity contribution is 0.104. The molecule has 16 heavy (non-hydrogen) atoms. The zero-order chi connectivity index (χ0) is 11.4. The van der Waals surface area contributed by atoms with E-state index in [4.69, 9.17) is 0 Å². The molecule has 0 radical (unpaired) electrons. The highest BCUT2D eigenvalue weighted by Crippen LogP contribution is 2.10. The molecule has 0 bridgehead atoms. The van der Waals surface area contributed by atoms with Gasteiger partial charge in [-0.25, -0.2) is 4.68 Å². The molecule has 3 heteroatoms. The van der Waals surface area contributed by atoms with Crippen LogP contribution in [0.1, 0.15) is 17.4 Å². The highest BCUT2D eigenvalue weighted by molar-refractivity contribution is 6.03. The second-order valence-electron chi connectivity index (χ2n) is 3.33. The molecule has 3 nitrogen and oxygen atoms in total. The summed E-state index contributed by atoms with van der Waals surface area (Å²) in [6, 6.07) is 11.3. The van der Waals surface area contributed by atoms with Crippen molar-refractivity contribution in [3.8, 4) is 5.69 Å². The number of ketones is 1. The molecule has 0 aliphatic carbocycles. The second-order valence-corrected chi connectivity index (χ2v) is 3.33. The minimum Gasteiger partial charge on any atom is -0.288 e. The summed E-state index contributed by atoms with van der Waals surface area (Å²) in [4.78, 5) is 11.8. The maximum Gasteiger partial charge on any atom is 0.203 e. The van der Waals surface area contributed by atoms with E-state index in [2.05, 4.69) is 5.10 Å². The van der Waals surface area contributed by atoms with E-state index >= 15 is 0 Å². The number of benzene rings is 1. The van der Waals surface area contributed by atoms with Gasteiger partial charge >= 0.3 is 0 Å². The number of nitrogens with zero attached hydrogens (tertiary/aromatic N) is 2. The number of allylic oxidation sites excluding steroid dienone is 2. The maximum atomic E-state index is 11.8. The van der Waals surface area contributed by atoms with Gasteiger partial charge in [0.15, 0.2) is 0 Å². The van der Waals surface area contributed by atoms with Crippen molar-refractivity contribution >= 4 is 5.78 Å². The first-order chi connectivity index (χ1) is 7.83. The first kappa shape index (κ1) is 10.4. The van der Waals surface area contributed by atoms with Crippen molar-refractivity contribution < 1.29 is 4.79 Å². The number of para-hydroxylation sites is 1. The number of hydrogen-bond acceptors (Lipinski definition) is 2. The molecule has 0 fully saturated rings. The Hall–Kier alpha value is -2.16. The summed E-state index contributed by atoms with van der Waals surface area (Å²) < 4.78 is 1.64. The van der Waals surface area contributed by atoms with Gasteiger partial charge in [-0.05, 0) is 31.2 Å². The molecule has 0 aliphatic heterocycles. The van der Waals surface area contributed by atoms with Crippen molar-refractivity contribution in [1.82, 2.24) is 9.78 Å². The quantitative estimate of drug-likeness (QED) is 0.579. The van der Waals surface area contributed by atoms with Crippen LogP contribution in [0.4, 0.5) is 0 Å². The molecule has 1 heterocycles. The minimum absolute atomic E-state index is 0.0381. The molecule has 0 atom stereocenters. The van der Waals surface area contributed by atoms with E-state index in [0.29, 0.717) is 5.69 Å². The van der Waals surface area contributed by atoms with Crippen molar-refractivity contribution in [2.24, 2.45) is 0 Å². The molecule has 0 aliphatic rings. The van der Waals surface area contributed by atoms with Gasteiger partial charge in [0.25, 0.3) is 0 Å². The molecule has 80 valence electrons. The van der Waals surface area contributed by atoms with Gasteiger partial charge < -0.3 is 0 Å². The van der Waals surface area contributed by atoms with Crippen molar-refractivity contribution in [1.29, 1.82) is 0 Å². The van der Waals surface area contributed by atoms with Crippen LogP contribution < -0.4 is 0 Å². The van der Waals surface area contributed by atoms with Crippen LogP contribution in [0.25, 0.3) is 5.69 Å². The first-order valence-electron chi connectivity index (χ1n) is 5.09. The molecule has 1 aromatic carbocycles. The summed E-state index contributed by atoms with van der Waals surface area (Å²) in [5.74, 6) is -0.0381. The molecule has 2 rings (SSSR count). The van der Waals surface area contributed by atoms with Gasteiger partial charge in [0, 0.05) is 0 Å². The van der Waals surface area contributed by atoms with Gasteiger partial charge in [-0.1, -0.05) is 24.3 Å². The monoisotopic (exact) mass is 212 g/mol. The Morgan fingerprint density at radius 1 is 1.25 bits per heavy atom. The minimum atomic E-state index is -0.0381. The summed E-state index contributed by atoms with van der Waals surface area (Å²) in [6.07, 6.45) is 4.89. The van der Waals surface area contributed by atoms with Crippen molar-refractivity contribution in [3.05, 3.63) is 60.4 Å². The van der Waals surface area contributed by atoms with Gasteiger partial charge in [0.2, 0.25) is 5.78 Å². The molecule has 0 amide bonds. The third-order valence-electron chi connectivity index (χ3n) is 2.21. The molecular weight excluding hydrogens is 200 g/mol. The molecule has 0 N–H and O–H groups in total. The lowest BCUT2D eigenvalue weighted by Crippen LogP contribution is -2.06. The Labute approximate surface area is 94.0 Å². The van der Waals surface area contributed by atoms with Crippen molar-refractivity contribution in [2.45, 2.75) is 6.92 Å². The summed E-state index contributed by atoms with van der Waals surface area (Å²) >= 11 is 0. The van der Waals surface area contributed by atoms with E-state index in [-0.39, 0.29) is 5.78 Å². The number of aromatic nitrogens is 2. The topological polar surface area (TPSA) is 34.9 Å². The Balaban J connectivity index is 2.44. The molecule has 0 saturated heterocycles. The smallest absolute Gasteiger partial charge is 0.203 e. The second kappa shape index (κ2) is 4.57. The predicted octanol–water partition coefficient (Wildman–Crippen LogP) is 2.63. The Bertz CT molecular complexity index is 512. The van der Waals surface area contributed by atoms with Gasteiger partial charge in [0.1, 0.15) is 5.69 Å². The summed E-state index contributed by atoms with van der Waals surface area (Å²) in [5, 5.41) is 4.15. The van der Waals surface area contributed by atoms with Crippen LogP contribution in [0.5, 0.6) is 0 Å². The number of hydrogen-bond donors (Lipinski definition) is 0. The van der Waals surface area contributed by atoms with Crippen molar-refractivity contribution in [3.63, 3.8) is 0 Å². The third kappa shape index (κ3) is 1.93. The van der Waals surface area contributed by atoms with E-state index in [1.54, 1.807) is 23.0 Å². The van der Waals surface area contributed by atoms with Crippen molar-refractivity contribution in [2.75, 3.05) is 0 Å². The summed E-state index contributed by atoms with van der Waals surface area (Å²) in [6.45, 7) is 1.82. The fraction of sp³-hybridized carbons (Fsp3) is 0.0769. The third-order valence-corrected chi connectivity index (χ3v) is 2.21. The lowest BCUT2D eigenvalue weighted by Gasteiger charge is -2.04. The van der Waals surface area contributed by atoms with E-state index in [0.717, 1.165) is 5.69 Å². The van der Waals surface area contributed by atoms with Gasteiger partial charge in [-0.2, -0.15) is 5.10 Å². The van der Waals surface area contributed by atoms with Gasteiger partial charge in [-0.15, -0.1) is 0 Å². The van der Waals surface area contributed by atoms with Gasteiger partial charge in [0.05, 0.1) is 11.9 Å². The van der Waals surface area contributed by atoms with Crippen LogP contribution in [0.15, 0.2) is 54.7 Å². The van der Waals surface area contributed by atoms with Crippen LogP contribution in [0.3, 0.4) is 0 Å². The zero-order valence-electron chi connectivity index (χ0n) is 9.00.